The Kier molecular flexibility index (Phi) is 7.47. The number of hydrogen-bond donors (Lipinski definition) is 0. The number of rotatable bonds is 8. The third-order valence-corrected chi connectivity index (χ3v) is 4.45. The van der Waals surface area contributed by atoms with Crippen LogP contribution in [0.5, 0.6) is 11.5 Å². The van der Waals surface area contributed by atoms with Crippen molar-refractivity contribution >= 4 is 18.1 Å². The quantitative estimate of drug-likeness (QED) is 0.471. The summed E-state index contributed by atoms with van der Waals surface area (Å²) >= 11 is 0. The van der Waals surface area contributed by atoms with Gasteiger partial charge in [-0.3, -0.25) is 0 Å². The van der Waals surface area contributed by atoms with Gasteiger partial charge in [-0.05, 0) is 42.5 Å². The zero-order valence-corrected chi connectivity index (χ0v) is 16.7. The van der Waals surface area contributed by atoms with Gasteiger partial charge in [-0.2, -0.15) is 0 Å². The Balaban J connectivity index is 2.43. The molecule has 0 aliphatic carbocycles. The van der Waals surface area contributed by atoms with Gasteiger partial charge in [-0.1, -0.05) is 44.2 Å². The van der Waals surface area contributed by atoms with Gasteiger partial charge in [-0.25, -0.2) is 4.79 Å². The van der Waals surface area contributed by atoms with Gasteiger partial charge in [0.15, 0.2) is 0 Å². The first-order valence-corrected chi connectivity index (χ1v) is 9.11. The number of ether oxygens (including phenoxy) is 3. The summed E-state index contributed by atoms with van der Waals surface area (Å²) in [5.41, 5.74) is 3.34. The maximum Gasteiger partial charge on any atom is 0.338 e. The standard InChI is InChI=1S/C23H28O4/c1-16(2)10-14-20-21(25-3)15-13-18(22(20)26-4)12-11-17-8-6-7-9-19(17)23(24)27-5/h6-9,11-13,15-16H,10,14H2,1-5H3/b12-11+. The lowest BCUT2D eigenvalue weighted by Gasteiger charge is -2.16. The predicted molar refractivity (Wildman–Crippen MR) is 109 cm³/mol. The van der Waals surface area contributed by atoms with Crippen molar-refractivity contribution in [2.24, 2.45) is 5.92 Å². The molecule has 0 aromatic heterocycles. The van der Waals surface area contributed by atoms with Gasteiger partial charge in [0.1, 0.15) is 11.5 Å². The molecule has 2 rings (SSSR count). The molecule has 0 aliphatic rings. The Morgan fingerprint density at radius 1 is 0.963 bits per heavy atom. The highest BCUT2D eigenvalue weighted by Gasteiger charge is 2.15. The molecule has 4 heteroatoms. The Morgan fingerprint density at radius 2 is 1.67 bits per heavy atom. The molecule has 0 saturated heterocycles. The van der Waals surface area contributed by atoms with Crippen molar-refractivity contribution in [2.45, 2.75) is 26.7 Å². The van der Waals surface area contributed by atoms with Crippen molar-refractivity contribution in [1.82, 2.24) is 0 Å². The molecule has 0 atom stereocenters. The highest BCUT2D eigenvalue weighted by Crippen LogP contribution is 2.35. The normalized spacial score (nSPS) is 11.0. The molecular formula is C23H28O4. The number of esters is 1. The second-order valence-electron chi connectivity index (χ2n) is 6.71. The Hall–Kier alpha value is -2.75. The average molecular weight is 368 g/mol. The predicted octanol–water partition coefficient (Wildman–Crippen LogP) is 5.25. The number of methoxy groups -OCH3 is 3. The van der Waals surface area contributed by atoms with Crippen LogP contribution in [0, 0.1) is 5.92 Å². The zero-order chi connectivity index (χ0) is 19.8. The van der Waals surface area contributed by atoms with Crippen molar-refractivity contribution in [2.75, 3.05) is 21.3 Å². The monoisotopic (exact) mass is 368 g/mol. The van der Waals surface area contributed by atoms with Crippen LogP contribution in [0.25, 0.3) is 12.2 Å². The molecule has 27 heavy (non-hydrogen) atoms. The van der Waals surface area contributed by atoms with E-state index in [4.69, 9.17) is 14.2 Å². The number of benzene rings is 2. The summed E-state index contributed by atoms with van der Waals surface area (Å²) in [6, 6.07) is 11.3. The van der Waals surface area contributed by atoms with Crippen molar-refractivity contribution in [1.29, 1.82) is 0 Å². The highest BCUT2D eigenvalue weighted by atomic mass is 16.5. The lowest BCUT2D eigenvalue weighted by Crippen LogP contribution is -2.03. The minimum Gasteiger partial charge on any atom is -0.496 e. The van der Waals surface area contributed by atoms with E-state index in [-0.39, 0.29) is 5.97 Å². The van der Waals surface area contributed by atoms with Gasteiger partial charge < -0.3 is 14.2 Å². The highest BCUT2D eigenvalue weighted by molar-refractivity contribution is 5.95. The molecular weight excluding hydrogens is 340 g/mol. The summed E-state index contributed by atoms with van der Waals surface area (Å²) in [7, 11) is 4.74. The molecule has 2 aromatic rings. The second-order valence-corrected chi connectivity index (χ2v) is 6.71. The lowest BCUT2D eigenvalue weighted by molar-refractivity contribution is 0.0600. The third kappa shape index (κ3) is 5.13. The van der Waals surface area contributed by atoms with Gasteiger partial charge in [0.05, 0.1) is 26.9 Å². The first kappa shape index (κ1) is 20.6. The number of carbonyl (C=O) groups is 1. The fourth-order valence-corrected chi connectivity index (χ4v) is 2.98. The van der Waals surface area contributed by atoms with Gasteiger partial charge >= 0.3 is 5.97 Å². The number of hydrogen-bond acceptors (Lipinski definition) is 4. The minimum absolute atomic E-state index is 0.352. The average Bonchev–Trinajstić information content (AvgIpc) is 2.69. The summed E-state index contributed by atoms with van der Waals surface area (Å²) in [5, 5.41) is 0. The van der Waals surface area contributed by atoms with E-state index in [1.807, 2.05) is 42.5 Å². The molecule has 0 fully saturated rings. The van der Waals surface area contributed by atoms with Gasteiger partial charge in [0.2, 0.25) is 0 Å². The SMILES string of the molecule is COC(=O)c1ccccc1/C=C/c1ccc(OC)c(CCC(C)C)c1OC. The van der Waals surface area contributed by atoms with Crippen LogP contribution in [-0.2, 0) is 11.2 Å². The Labute approximate surface area is 161 Å². The van der Waals surface area contributed by atoms with Crippen molar-refractivity contribution in [3.05, 3.63) is 58.7 Å². The summed E-state index contributed by atoms with van der Waals surface area (Å²) in [6.45, 7) is 4.40. The lowest BCUT2D eigenvalue weighted by atomic mass is 9.98. The molecule has 144 valence electrons. The molecule has 0 bridgehead atoms. The van der Waals surface area contributed by atoms with Crippen molar-refractivity contribution < 1.29 is 19.0 Å². The van der Waals surface area contributed by atoms with Crippen LogP contribution in [0.3, 0.4) is 0 Å². The molecule has 0 spiro atoms. The molecule has 0 unspecified atom stereocenters. The molecule has 4 nitrogen and oxygen atoms in total. The Bertz CT molecular complexity index is 806. The minimum atomic E-state index is -0.352. The van der Waals surface area contributed by atoms with Crippen LogP contribution in [0.4, 0.5) is 0 Å². The van der Waals surface area contributed by atoms with Crippen LogP contribution in [0.15, 0.2) is 36.4 Å². The second kappa shape index (κ2) is 9.81. The van der Waals surface area contributed by atoms with Gasteiger partial charge in [0, 0.05) is 11.1 Å². The van der Waals surface area contributed by atoms with E-state index in [0.29, 0.717) is 11.5 Å². The van der Waals surface area contributed by atoms with E-state index in [1.54, 1.807) is 20.3 Å². The van der Waals surface area contributed by atoms with E-state index >= 15 is 0 Å². The third-order valence-electron chi connectivity index (χ3n) is 4.45. The first-order valence-electron chi connectivity index (χ1n) is 9.11. The molecule has 0 aliphatic heterocycles. The van der Waals surface area contributed by atoms with E-state index in [2.05, 4.69) is 13.8 Å². The van der Waals surface area contributed by atoms with Crippen LogP contribution in [-0.4, -0.2) is 27.3 Å². The number of carbonyl (C=O) groups excluding carboxylic acids is 1. The zero-order valence-electron chi connectivity index (χ0n) is 16.7. The summed E-state index contributed by atoms with van der Waals surface area (Å²) in [6.07, 6.45) is 5.79. The van der Waals surface area contributed by atoms with Crippen LogP contribution in [0.2, 0.25) is 0 Å². The topological polar surface area (TPSA) is 44.8 Å². The Morgan fingerprint density at radius 3 is 2.30 bits per heavy atom. The molecule has 0 amide bonds. The smallest absolute Gasteiger partial charge is 0.338 e. The summed E-state index contributed by atoms with van der Waals surface area (Å²) < 4.78 is 16.1. The van der Waals surface area contributed by atoms with E-state index < -0.39 is 0 Å². The van der Waals surface area contributed by atoms with Crippen molar-refractivity contribution in [3.8, 4) is 11.5 Å². The van der Waals surface area contributed by atoms with Crippen LogP contribution in [0.1, 0.15) is 47.3 Å². The van der Waals surface area contributed by atoms with Gasteiger partial charge in [0.25, 0.3) is 0 Å². The van der Waals surface area contributed by atoms with E-state index in [0.717, 1.165) is 41.0 Å². The van der Waals surface area contributed by atoms with Gasteiger partial charge in [-0.15, -0.1) is 0 Å². The van der Waals surface area contributed by atoms with Crippen molar-refractivity contribution in [3.63, 3.8) is 0 Å². The molecule has 2 aromatic carbocycles. The molecule has 0 N–H and O–H groups in total. The van der Waals surface area contributed by atoms with E-state index in [9.17, 15) is 4.79 Å². The maximum atomic E-state index is 12.0. The summed E-state index contributed by atoms with van der Waals surface area (Å²) in [5.74, 6) is 1.88. The fraction of sp³-hybridized carbons (Fsp3) is 0.348. The maximum absolute atomic E-state index is 12.0. The van der Waals surface area contributed by atoms with Crippen LogP contribution >= 0.6 is 0 Å². The molecule has 0 saturated carbocycles. The first-order chi connectivity index (χ1) is 13.0. The largest absolute Gasteiger partial charge is 0.496 e. The fourth-order valence-electron chi connectivity index (χ4n) is 2.98. The van der Waals surface area contributed by atoms with E-state index in [1.165, 1.54) is 7.11 Å². The molecule has 0 radical (unpaired) electrons. The van der Waals surface area contributed by atoms with Crippen LogP contribution < -0.4 is 9.47 Å². The molecule has 0 heterocycles. The summed E-state index contributed by atoms with van der Waals surface area (Å²) in [4.78, 5) is 12.0.